The standard InChI is InChI=1S/C42H54N8O6/c1-8-25-15-32(49(21-25)38(51)34(23(2)3)47-40(53)55-6)36-43-19-30(45-36)28-11-9-27-17-29(12-10-26(27)16-28)31-20-44-37(46-31)33-18-42(13-14-42)22-50(33)39(52)35(24(4)5)48-41(54)56-7/h9-12,16-17,19-20,23-25,32-35H,8,13-15,18,21-22H2,1-7H3,(H,43,45)(H,44,46)(H,47,53)(H,48,54)/t25-,32-,33-,34-,35-/m0/s1. The molecule has 0 radical (unpaired) electrons. The summed E-state index contributed by atoms with van der Waals surface area (Å²) in [5, 5.41) is 7.59. The van der Waals surface area contributed by atoms with Gasteiger partial charge in [0.2, 0.25) is 11.8 Å². The number of methoxy groups -OCH3 is 2. The number of hydrogen-bond donors (Lipinski definition) is 4. The molecule has 2 aliphatic heterocycles. The van der Waals surface area contributed by atoms with Gasteiger partial charge in [0, 0.05) is 24.2 Å². The summed E-state index contributed by atoms with van der Waals surface area (Å²) in [6.45, 7) is 11.0. The lowest BCUT2D eigenvalue weighted by molar-refractivity contribution is -0.136. The first kappa shape index (κ1) is 38.9. The zero-order chi connectivity index (χ0) is 39.9. The number of nitrogens with one attached hydrogen (secondary N) is 4. The second-order valence-electron chi connectivity index (χ2n) is 16.6. The van der Waals surface area contributed by atoms with Crippen molar-refractivity contribution in [3.63, 3.8) is 0 Å². The van der Waals surface area contributed by atoms with Crippen LogP contribution in [-0.2, 0) is 19.1 Å². The number of carbonyl (C=O) groups is 4. The van der Waals surface area contributed by atoms with Crippen molar-refractivity contribution in [1.29, 1.82) is 0 Å². The summed E-state index contributed by atoms with van der Waals surface area (Å²) in [5.41, 5.74) is 3.79. The highest BCUT2D eigenvalue weighted by molar-refractivity contribution is 5.90. The van der Waals surface area contributed by atoms with E-state index >= 15 is 0 Å². The van der Waals surface area contributed by atoms with E-state index < -0.39 is 24.3 Å². The topological polar surface area (TPSA) is 175 Å². The van der Waals surface area contributed by atoms with Crippen LogP contribution in [0.5, 0.6) is 0 Å². The molecule has 14 nitrogen and oxygen atoms in total. The Labute approximate surface area is 327 Å². The summed E-state index contributed by atoms with van der Waals surface area (Å²) < 4.78 is 9.62. The number of carbonyl (C=O) groups excluding carboxylic acids is 4. The summed E-state index contributed by atoms with van der Waals surface area (Å²) in [5.74, 6) is 1.32. The zero-order valence-electron chi connectivity index (χ0n) is 33.3. The van der Waals surface area contributed by atoms with E-state index in [1.54, 1.807) is 0 Å². The molecule has 7 rings (SSSR count). The molecule has 4 amide bonds. The van der Waals surface area contributed by atoms with Crippen molar-refractivity contribution in [1.82, 2.24) is 40.4 Å². The molecule has 4 heterocycles. The fourth-order valence-electron chi connectivity index (χ4n) is 8.44. The molecule has 4 aromatic rings. The minimum Gasteiger partial charge on any atom is -0.453 e. The van der Waals surface area contributed by atoms with Crippen molar-refractivity contribution in [2.24, 2.45) is 23.2 Å². The Kier molecular flexibility index (Phi) is 10.8. The van der Waals surface area contributed by atoms with E-state index in [0.717, 1.165) is 77.0 Å². The van der Waals surface area contributed by atoms with Gasteiger partial charge in [-0.25, -0.2) is 19.6 Å². The van der Waals surface area contributed by atoms with Gasteiger partial charge in [-0.1, -0.05) is 65.3 Å². The third-order valence-electron chi connectivity index (χ3n) is 12.1. The number of likely N-dealkylation sites (tertiary alicyclic amines) is 2. The van der Waals surface area contributed by atoms with Gasteiger partial charge in [-0.15, -0.1) is 0 Å². The van der Waals surface area contributed by atoms with Crippen LogP contribution in [0.25, 0.3) is 33.3 Å². The summed E-state index contributed by atoms with van der Waals surface area (Å²) >= 11 is 0. The molecule has 3 aliphatic rings. The first-order valence-corrected chi connectivity index (χ1v) is 19.8. The van der Waals surface area contributed by atoms with Gasteiger partial charge >= 0.3 is 12.2 Å². The van der Waals surface area contributed by atoms with E-state index in [-0.39, 0.29) is 41.1 Å². The smallest absolute Gasteiger partial charge is 0.407 e. The van der Waals surface area contributed by atoms with E-state index in [2.05, 4.69) is 63.9 Å². The lowest BCUT2D eigenvalue weighted by Gasteiger charge is -2.30. The molecule has 3 fully saturated rings. The van der Waals surface area contributed by atoms with Crippen LogP contribution in [0.4, 0.5) is 9.59 Å². The molecule has 5 atom stereocenters. The number of rotatable bonds is 11. The van der Waals surface area contributed by atoms with E-state index in [1.165, 1.54) is 14.2 Å². The van der Waals surface area contributed by atoms with Crippen LogP contribution in [0.1, 0.15) is 90.5 Å². The number of hydrogen-bond acceptors (Lipinski definition) is 8. The molecular weight excluding hydrogens is 713 g/mol. The van der Waals surface area contributed by atoms with Gasteiger partial charge in [0.1, 0.15) is 23.7 Å². The first-order chi connectivity index (χ1) is 26.8. The molecule has 0 bridgehead atoms. The van der Waals surface area contributed by atoms with Crippen LogP contribution in [0.3, 0.4) is 0 Å². The largest absolute Gasteiger partial charge is 0.453 e. The molecule has 56 heavy (non-hydrogen) atoms. The average molecular weight is 767 g/mol. The van der Waals surface area contributed by atoms with E-state index in [9.17, 15) is 19.2 Å². The van der Waals surface area contributed by atoms with Gasteiger partial charge in [0.25, 0.3) is 0 Å². The quantitative estimate of drug-likeness (QED) is 0.130. The number of ether oxygens (including phenoxy) is 2. The molecule has 2 aromatic heterocycles. The highest BCUT2D eigenvalue weighted by Crippen LogP contribution is 2.58. The van der Waals surface area contributed by atoms with Crippen molar-refractivity contribution >= 4 is 34.8 Å². The van der Waals surface area contributed by atoms with E-state index in [1.807, 2.05) is 49.9 Å². The van der Waals surface area contributed by atoms with Crippen LogP contribution >= 0.6 is 0 Å². The molecule has 14 heteroatoms. The fraction of sp³-hybridized carbons (Fsp3) is 0.524. The maximum Gasteiger partial charge on any atom is 0.407 e. The Morgan fingerprint density at radius 3 is 1.75 bits per heavy atom. The van der Waals surface area contributed by atoms with E-state index in [4.69, 9.17) is 19.4 Å². The number of amides is 4. The van der Waals surface area contributed by atoms with Gasteiger partial charge in [-0.3, -0.25) is 9.59 Å². The Morgan fingerprint density at radius 1 is 0.786 bits per heavy atom. The second kappa shape index (κ2) is 15.6. The van der Waals surface area contributed by atoms with Crippen LogP contribution in [0, 0.1) is 23.2 Å². The Bertz CT molecular complexity index is 2100. The van der Waals surface area contributed by atoms with Gasteiger partial charge in [-0.05, 0) is 71.8 Å². The van der Waals surface area contributed by atoms with Crippen molar-refractivity contribution in [3.05, 3.63) is 60.4 Å². The molecule has 0 unspecified atom stereocenters. The minimum atomic E-state index is -0.704. The number of alkyl carbamates (subject to hydrolysis) is 2. The predicted molar refractivity (Wildman–Crippen MR) is 211 cm³/mol. The molecule has 2 saturated heterocycles. The monoisotopic (exact) mass is 766 g/mol. The molecular formula is C42H54N8O6. The summed E-state index contributed by atoms with van der Waals surface area (Å²) in [7, 11) is 2.60. The molecule has 1 saturated carbocycles. The number of H-pyrrole nitrogens is 2. The minimum absolute atomic E-state index is 0.110. The Hall–Kier alpha value is -5.40. The van der Waals surface area contributed by atoms with E-state index in [0.29, 0.717) is 19.0 Å². The highest BCUT2D eigenvalue weighted by Gasteiger charge is 2.55. The second-order valence-corrected chi connectivity index (χ2v) is 16.6. The number of nitrogens with zero attached hydrogens (tertiary/aromatic N) is 4. The van der Waals surface area contributed by atoms with Gasteiger partial charge in [0.15, 0.2) is 0 Å². The predicted octanol–water partition coefficient (Wildman–Crippen LogP) is 6.73. The molecule has 2 aromatic carbocycles. The van der Waals surface area contributed by atoms with Crippen LogP contribution in [0.15, 0.2) is 48.8 Å². The average Bonchev–Trinajstić information content (AvgIpc) is 3.69. The van der Waals surface area contributed by atoms with Crippen LogP contribution < -0.4 is 10.6 Å². The lowest BCUT2D eigenvalue weighted by Crippen LogP contribution is -2.51. The van der Waals surface area contributed by atoms with Crippen molar-refractivity contribution in [2.75, 3.05) is 27.3 Å². The van der Waals surface area contributed by atoms with Gasteiger partial charge in [0.05, 0.1) is 50.1 Å². The molecule has 4 N–H and O–H groups in total. The molecule has 1 aliphatic carbocycles. The summed E-state index contributed by atoms with van der Waals surface area (Å²) in [6, 6.07) is 10.7. The number of imidazole rings is 2. The van der Waals surface area contributed by atoms with Crippen molar-refractivity contribution in [2.45, 2.75) is 90.9 Å². The lowest BCUT2D eigenvalue weighted by atomic mass is 10.0. The SMILES string of the molecule is CC[C@H]1C[C@@H](c2ncc(-c3ccc4cc(-c5cnc([C@@H]6CC7(CC7)CN6C(=O)[C@@H](NC(=O)OC)C(C)C)[nH]5)ccc4c3)[nH]2)N(C(=O)[C@@H](NC(=O)OC)C(C)C)C1. The normalized spacial score (nSPS) is 21.1. The molecule has 298 valence electrons. The number of fused-ring (bicyclic) bond motifs is 1. The van der Waals surface area contributed by atoms with Crippen molar-refractivity contribution in [3.8, 4) is 22.5 Å². The molecule has 1 spiro atoms. The number of aromatic amines is 2. The first-order valence-electron chi connectivity index (χ1n) is 19.8. The van der Waals surface area contributed by atoms with Gasteiger partial charge in [-0.2, -0.15) is 0 Å². The number of aromatic nitrogens is 4. The fourth-order valence-corrected chi connectivity index (χ4v) is 8.44. The van der Waals surface area contributed by atoms with Crippen LogP contribution in [0.2, 0.25) is 0 Å². The Morgan fingerprint density at radius 2 is 1.29 bits per heavy atom. The maximum absolute atomic E-state index is 13.9. The zero-order valence-corrected chi connectivity index (χ0v) is 33.3. The van der Waals surface area contributed by atoms with Crippen molar-refractivity contribution < 1.29 is 28.7 Å². The van der Waals surface area contributed by atoms with Crippen LogP contribution in [-0.4, -0.2) is 93.1 Å². The summed E-state index contributed by atoms with van der Waals surface area (Å²) in [6.07, 6.45) is 7.13. The third kappa shape index (κ3) is 7.70. The third-order valence-corrected chi connectivity index (χ3v) is 12.1. The number of benzene rings is 2. The highest BCUT2D eigenvalue weighted by atomic mass is 16.5. The maximum atomic E-state index is 13.9. The van der Waals surface area contributed by atoms with Gasteiger partial charge < -0.3 is 39.9 Å². The Balaban J connectivity index is 1.09. The summed E-state index contributed by atoms with van der Waals surface area (Å²) in [4.78, 5) is 72.3.